The molecule has 0 unspecified atom stereocenters. The van der Waals surface area contributed by atoms with E-state index in [1.807, 2.05) is 48.3 Å². The molecule has 2 heterocycles. The van der Waals surface area contributed by atoms with E-state index in [2.05, 4.69) is 44.8 Å². The van der Waals surface area contributed by atoms with E-state index in [0.717, 1.165) is 74.2 Å². The zero-order valence-electron chi connectivity index (χ0n) is 30.0. The average Bonchev–Trinajstić information content (AvgIpc) is 3.70. The van der Waals surface area contributed by atoms with Crippen molar-refractivity contribution in [1.82, 2.24) is 25.4 Å². The van der Waals surface area contributed by atoms with Crippen LogP contribution in [0.5, 0.6) is 0 Å². The molecular weight excluding hydrogens is 663 g/mol. The second kappa shape index (κ2) is 20.9. The van der Waals surface area contributed by atoms with Crippen LogP contribution < -0.4 is 10.6 Å². The molecule has 0 radical (unpaired) electrons. The minimum atomic E-state index is -0.579. The van der Waals surface area contributed by atoms with E-state index in [9.17, 15) is 14.4 Å². The number of alkyl carbamates (subject to hydrolysis) is 1. The van der Waals surface area contributed by atoms with Crippen LogP contribution in [0.1, 0.15) is 73.8 Å². The van der Waals surface area contributed by atoms with Gasteiger partial charge in [0.15, 0.2) is 5.78 Å². The fraction of sp³-hybridized carbons (Fsp3) is 0.550. The van der Waals surface area contributed by atoms with Crippen LogP contribution in [-0.4, -0.2) is 90.7 Å². The first-order valence-corrected chi connectivity index (χ1v) is 19.6. The molecule has 3 aromatic rings. The Balaban J connectivity index is 1.27. The van der Waals surface area contributed by atoms with Crippen LogP contribution in [0.25, 0.3) is 0 Å². The van der Waals surface area contributed by atoms with Gasteiger partial charge in [0, 0.05) is 51.4 Å². The second-order valence-corrected chi connectivity index (χ2v) is 15.0. The third-order valence-corrected chi connectivity index (χ3v) is 11.0. The first-order valence-electron chi connectivity index (χ1n) is 18.7. The Kier molecular flexibility index (Phi) is 15.8. The molecular formula is C40H55N5O5S. The fourth-order valence-corrected chi connectivity index (χ4v) is 7.71. The van der Waals surface area contributed by atoms with Gasteiger partial charge in [0.25, 0.3) is 0 Å². The number of hydrogen-bond acceptors (Lipinski definition) is 8. The third-order valence-electron chi connectivity index (χ3n) is 10.2. The molecule has 1 aromatic heterocycles. The molecule has 2 fully saturated rings. The van der Waals surface area contributed by atoms with Gasteiger partial charge < -0.3 is 25.0 Å². The Bertz CT molecular complexity index is 1450. The second-order valence-electron chi connectivity index (χ2n) is 14.0. The number of ether oxygens (including phenoxy) is 2. The third kappa shape index (κ3) is 13.4. The Morgan fingerprint density at radius 1 is 0.922 bits per heavy atom. The van der Waals surface area contributed by atoms with E-state index in [-0.39, 0.29) is 36.4 Å². The van der Waals surface area contributed by atoms with Crippen LogP contribution in [0.4, 0.5) is 9.59 Å². The van der Waals surface area contributed by atoms with Gasteiger partial charge in [-0.2, -0.15) is 0 Å². The summed E-state index contributed by atoms with van der Waals surface area (Å²) in [7, 11) is 1.87. The lowest BCUT2D eigenvalue weighted by Crippen LogP contribution is -2.51. The number of benzene rings is 2. The summed E-state index contributed by atoms with van der Waals surface area (Å²) < 4.78 is 11.1. The van der Waals surface area contributed by atoms with E-state index in [4.69, 9.17) is 9.47 Å². The molecule has 1 aliphatic carbocycles. The lowest BCUT2D eigenvalue weighted by Gasteiger charge is -2.33. The molecule has 0 spiro atoms. The van der Waals surface area contributed by atoms with Crippen LogP contribution in [-0.2, 0) is 33.7 Å². The minimum Gasteiger partial charge on any atom is -0.444 e. The van der Waals surface area contributed by atoms with Crippen molar-refractivity contribution in [3.05, 3.63) is 88.4 Å². The largest absolute Gasteiger partial charge is 0.444 e. The zero-order valence-corrected chi connectivity index (χ0v) is 30.9. The molecule has 2 N–H and O–H groups in total. The van der Waals surface area contributed by atoms with E-state index < -0.39 is 12.1 Å². The monoisotopic (exact) mass is 717 g/mol. The lowest BCUT2D eigenvalue weighted by molar-refractivity contribution is -0.122. The van der Waals surface area contributed by atoms with Crippen molar-refractivity contribution in [1.29, 1.82) is 0 Å². The van der Waals surface area contributed by atoms with Gasteiger partial charge >= 0.3 is 12.1 Å². The highest BCUT2D eigenvalue weighted by Gasteiger charge is 2.29. The summed E-state index contributed by atoms with van der Waals surface area (Å²) in [6.45, 7) is 3.93. The summed E-state index contributed by atoms with van der Waals surface area (Å²) in [5.74, 6) is 0.0816. The van der Waals surface area contributed by atoms with Crippen LogP contribution in [0.3, 0.4) is 0 Å². The highest BCUT2D eigenvalue weighted by molar-refractivity contribution is 7.09. The van der Waals surface area contributed by atoms with Gasteiger partial charge in [-0.15, -0.1) is 11.3 Å². The summed E-state index contributed by atoms with van der Waals surface area (Å²) in [5, 5.41) is 6.28. The summed E-state index contributed by atoms with van der Waals surface area (Å²) in [4.78, 5) is 49.9. The number of morpholine rings is 1. The van der Waals surface area contributed by atoms with Gasteiger partial charge in [-0.05, 0) is 62.0 Å². The maximum atomic E-state index is 14.3. The highest BCUT2D eigenvalue weighted by Crippen LogP contribution is 2.24. The smallest absolute Gasteiger partial charge is 0.407 e. The predicted octanol–water partition coefficient (Wildman–Crippen LogP) is 6.64. The summed E-state index contributed by atoms with van der Waals surface area (Å²) in [5.41, 5.74) is 4.00. The van der Waals surface area contributed by atoms with Crippen LogP contribution >= 0.6 is 11.3 Å². The molecule has 276 valence electrons. The molecule has 3 amide bonds. The van der Waals surface area contributed by atoms with Crippen molar-refractivity contribution in [2.45, 2.75) is 95.4 Å². The quantitative estimate of drug-likeness (QED) is 0.152. The number of nitrogens with zero attached hydrogens (tertiary/aromatic N) is 3. The number of carbonyl (C=O) groups excluding carboxylic acids is 3. The number of ketones is 1. The van der Waals surface area contributed by atoms with Crippen molar-refractivity contribution in [3.63, 3.8) is 0 Å². The number of aromatic nitrogens is 1. The highest BCUT2D eigenvalue weighted by atomic mass is 32.1. The van der Waals surface area contributed by atoms with Crippen LogP contribution in [0.2, 0.25) is 0 Å². The van der Waals surface area contributed by atoms with E-state index in [0.29, 0.717) is 38.9 Å². The topological polar surface area (TPSA) is 113 Å². The average molecular weight is 718 g/mol. The molecule has 0 bridgehead atoms. The van der Waals surface area contributed by atoms with Gasteiger partial charge in [-0.1, -0.05) is 79.9 Å². The van der Waals surface area contributed by atoms with Gasteiger partial charge in [0.2, 0.25) is 0 Å². The normalized spacial score (nSPS) is 17.2. The molecule has 3 atom stereocenters. The summed E-state index contributed by atoms with van der Waals surface area (Å²) in [6.07, 6.45) is 10.4. The first-order chi connectivity index (χ1) is 24.9. The van der Waals surface area contributed by atoms with Crippen molar-refractivity contribution in [3.8, 4) is 0 Å². The molecule has 1 saturated heterocycles. The van der Waals surface area contributed by atoms with Gasteiger partial charge in [0.05, 0.1) is 29.6 Å². The number of nitrogens with one attached hydrogen (secondary N) is 2. The lowest BCUT2D eigenvalue weighted by atomic mass is 9.86. The number of thiazole rings is 1. The Hall–Kier alpha value is -3.80. The summed E-state index contributed by atoms with van der Waals surface area (Å²) >= 11 is 1.45. The van der Waals surface area contributed by atoms with E-state index in [1.165, 1.54) is 17.8 Å². The van der Waals surface area contributed by atoms with Gasteiger partial charge in [0.1, 0.15) is 6.61 Å². The Morgan fingerprint density at radius 3 is 2.27 bits per heavy atom. The zero-order chi connectivity index (χ0) is 35.7. The van der Waals surface area contributed by atoms with Crippen molar-refractivity contribution in [2.24, 2.45) is 5.92 Å². The van der Waals surface area contributed by atoms with E-state index in [1.54, 1.807) is 11.7 Å². The van der Waals surface area contributed by atoms with Crippen molar-refractivity contribution < 1.29 is 23.9 Å². The number of carbonyl (C=O) groups is 3. The number of urea groups is 1. The molecule has 2 aliphatic rings. The van der Waals surface area contributed by atoms with Crippen molar-refractivity contribution >= 4 is 29.2 Å². The van der Waals surface area contributed by atoms with Crippen molar-refractivity contribution in [2.75, 3.05) is 39.9 Å². The van der Waals surface area contributed by atoms with Gasteiger partial charge in [-0.3, -0.25) is 14.7 Å². The number of amides is 3. The number of hydrogen-bond donors (Lipinski definition) is 2. The molecule has 51 heavy (non-hydrogen) atoms. The Morgan fingerprint density at radius 2 is 1.61 bits per heavy atom. The molecule has 1 saturated carbocycles. The van der Waals surface area contributed by atoms with Gasteiger partial charge in [-0.25, -0.2) is 9.59 Å². The predicted molar refractivity (Wildman–Crippen MR) is 201 cm³/mol. The standard InChI is InChI=1S/C40H55N5O5S/c1-44(35-15-9-4-10-16-35)39(47)43-37(19-20-45-21-23-49-24-22-45)38(46)27-33(25-31-11-5-2-6-12-31)17-18-34(26-32-13-7-3-8-14-32)42-40(48)50-29-36-28-41-30-51-36/h2-3,5-8,11-14,28,30,33-35,37H,4,9-10,15-27,29H2,1H3,(H,42,48)(H,43,47)/t33-,34-,37+/m1/s1. The molecule has 10 nitrogen and oxygen atoms in total. The maximum absolute atomic E-state index is 14.3. The minimum absolute atomic E-state index is 0.0204. The molecule has 2 aromatic carbocycles. The fourth-order valence-electron chi connectivity index (χ4n) is 7.20. The molecule has 5 rings (SSSR count). The Labute approximate surface area is 307 Å². The summed E-state index contributed by atoms with van der Waals surface area (Å²) in [6, 6.07) is 19.7. The SMILES string of the molecule is CN(C(=O)N[C@@H](CCN1CCOCC1)C(=O)C[C@H](CC[C@H](Cc1ccccc1)NC(=O)OCc1cncs1)Cc1ccccc1)C1CCCCC1. The number of Topliss-reactive ketones (excluding diaryl/α,β-unsaturated/α-hetero) is 1. The van der Waals surface area contributed by atoms with E-state index >= 15 is 0 Å². The molecule has 11 heteroatoms. The maximum Gasteiger partial charge on any atom is 0.407 e. The van der Waals surface area contributed by atoms with Crippen LogP contribution in [0.15, 0.2) is 72.4 Å². The molecule has 1 aliphatic heterocycles. The number of rotatable bonds is 18. The first kappa shape index (κ1) is 38.4. The van der Waals surface area contributed by atoms with Crippen LogP contribution in [0, 0.1) is 5.92 Å².